The van der Waals surface area contributed by atoms with E-state index in [9.17, 15) is 0 Å². The number of aryl methyl sites for hydroxylation is 2. The minimum atomic E-state index is 0.00488. The summed E-state index contributed by atoms with van der Waals surface area (Å²) in [6, 6.07) is 34.1. The van der Waals surface area contributed by atoms with Crippen molar-refractivity contribution in [2.75, 3.05) is 9.80 Å². The average Bonchev–Trinajstić information content (AvgIpc) is 3.59. The van der Waals surface area contributed by atoms with Crippen LogP contribution in [0.3, 0.4) is 0 Å². The van der Waals surface area contributed by atoms with Crippen LogP contribution in [0.25, 0.3) is 43.9 Å². The Bertz CT molecular complexity index is 2030. The second-order valence-corrected chi connectivity index (χ2v) is 10.3. The molecular formula is C34H26N2O2. The zero-order valence-electron chi connectivity index (χ0n) is 21.5. The molecular weight excluding hydrogens is 468 g/mol. The Kier molecular flexibility index (Phi) is 4.31. The molecule has 3 heterocycles. The molecule has 0 saturated heterocycles. The molecule has 2 aromatic heterocycles. The fourth-order valence-corrected chi connectivity index (χ4v) is 6.36. The molecule has 7 aromatic rings. The molecule has 0 amide bonds. The molecule has 0 unspecified atom stereocenters. The van der Waals surface area contributed by atoms with E-state index < -0.39 is 0 Å². The Morgan fingerprint density at radius 2 is 1.32 bits per heavy atom. The first kappa shape index (κ1) is 21.4. The lowest BCUT2D eigenvalue weighted by atomic mass is 10.1. The van der Waals surface area contributed by atoms with Crippen molar-refractivity contribution < 1.29 is 8.83 Å². The summed E-state index contributed by atoms with van der Waals surface area (Å²) in [7, 11) is 0. The highest BCUT2D eigenvalue weighted by Crippen LogP contribution is 2.55. The number of nitrogens with zero attached hydrogens (tertiary/aromatic N) is 2. The number of furan rings is 2. The highest BCUT2D eigenvalue weighted by Gasteiger charge is 2.39. The number of hydrogen-bond acceptors (Lipinski definition) is 4. The van der Waals surface area contributed by atoms with E-state index in [1.165, 1.54) is 5.56 Å². The van der Waals surface area contributed by atoms with Crippen LogP contribution in [-0.4, -0.2) is 6.17 Å². The van der Waals surface area contributed by atoms with E-state index in [0.717, 1.165) is 72.2 Å². The van der Waals surface area contributed by atoms with Crippen LogP contribution in [0.5, 0.6) is 0 Å². The van der Waals surface area contributed by atoms with E-state index in [0.29, 0.717) is 0 Å². The lowest BCUT2D eigenvalue weighted by molar-refractivity contribution is 0.663. The molecule has 0 aliphatic carbocycles. The molecule has 1 aliphatic rings. The topological polar surface area (TPSA) is 32.8 Å². The summed E-state index contributed by atoms with van der Waals surface area (Å²) in [5, 5.41) is 4.57. The quantitative estimate of drug-likeness (QED) is 0.239. The first-order chi connectivity index (χ1) is 18.6. The highest BCUT2D eigenvalue weighted by atomic mass is 16.3. The summed E-state index contributed by atoms with van der Waals surface area (Å²) in [6.07, 6.45) is 0.00488. The van der Waals surface area contributed by atoms with E-state index in [2.05, 4.69) is 122 Å². The molecule has 1 aliphatic heterocycles. The van der Waals surface area contributed by atoms with E-state index in [4.69, 9.17) is 8.83 Å². The van der Waals surface area contributed by atoms with Gasteiger partial charge in [-0.3, -0.25) is 0 Å². The van der Waals surface area contributed by atoms with Crippen molar-refractivity contribution >= 4 is 66.6 Å². The number of rotatable bonds is 2. The van der Waals surface area contributed by atoms with Gasteiger partial charge in [0.05, 0.1) is 22.4 Å². The first-order valence-corrected chi connectivity index (χ1v) is 13.1. The van der Waals surface area contributed by atoms with Gasteiger partial charge in [0.25, 0.3) is 0 Å². The summed E-state index contributed by atoms with van der Waals surface area (Å²) in [5.74, 6) is 0. The number of hydrogen-bond donors (Lipinski definition) is 0. The monoisotopic (exact) mass is 494 g/mol. The van der Waals surface area contributed by atoms with Crippen LogP contribution in [0.15, 0.2) is 106 Å². The van der Waals surface area contributed by atoms with Crippen molar-refractivity contribution in [1.82, 2.24) is 0 Å². The van der Waals surface area contributed by atoms with Gasteiger partial charge >= 0.3 is 0 Å². The molecule has 184 valence electrons. The Balaban J connectivity index is 1.49. The van der Waals surface area contributed by atoms with Crippen molar-refractivity contribution in [1.29, 1.82) is 0 Å². The van der Waals surface area contributed by atoms with Crippen LogP contribution in [-0.2, 0) is 0 Å². The number of anilines is 4. The fraction of sp³-hybridized carbons (Fsp3) is 0.118. The summed E-state index contributed by atoms with van der Waals surface area (Å²) in [6.45, 7) is 6.56. The third-order valence-corrected chi connectivity index (χ3v) is 8.06. The summed E-state index contributed by atoms with van der Waals surface area (Å²) < 4.78 is 13.0. The number of benzene rings is 5. The largest absolute Gasteiger partial charge is 0.456 e. The minimum absolute atomic E-state index is 0.00488. The highest BCUT2D eigenvalue weighted by molar-refractivity contribution is 6.19. The van der Waals surface area contributed by atoms with Crippen LogP contribution in [0, 0.1) is 13.8 Å². The zero-order valence-corrected chi connectivity index (χ0v) is 21.5. The van der Waals surface area contributed by atoms with Gasteiger partial charge in [-0.2, -0.15) is 0 Å². The lowest BCUT2D eigenvalue weighted by Crippen LogP contribution is -2.35. The summed E-state index contributed by atoms with van der Waals surface area (Å²) in [5.41, 5.74) is 10.6. The Hall–Kier alpha value is -4.70. The van der Waals surface area contributed by atoms with Crippen LogP contribution in [0.1, 0.15) is 18.1 Å². The van der Waals surface area contributed by atoms with Crippen LogP contribution in [0.4, 0.5) is 22.7 Å². The van der Waals surface area contributed by atoms with Gasteiger partial charge in [0, 0.05) is 21.8 Å². The van der Waals surface area contributed by atoms with Crippen molar-refractivity contribution in [3.8, 4) is 0 Å². The minimum Gasteiger partial charge on any atom is -0.456 e. The third-order valence-electron chi connectivity index (χ3n) is 8.06. The molecule has 0 N–H and O–H groups in total. The molecule has 0 fully saturated rings. The molecule has 0 bridgehead atoms. The van der Waals surface area contributed by atoms with Gasteiger partial charge in [0.1, 0.15) is 22.9 Å². The van der Waals surface area contributed by atoms with Crippen molar-refractivity contribution in [3.63, 3.8) is 0 Å². The van der Waals surface area contributed by atoms with Gasteiger partial charge < -0.3 is 18.6 Å². The van der Waals surface area contributed by atoms with Gasteiger partial charge in [-0.05, 0) is 62.2 Å². The predicted molar refractivity (Wildman–Crippen MR) is 157 cm³/mol. The molecule has 8 rings (SSSR count). The van der Waals surface area contributed by atoms with E-state index >= 15 is 0 Å². The number of fused-ring (bicyclic) bond motifs is 8. The molecule has 1 atom stereocenters. The molecule has 4 heteroatoms. The van der Waals surface area contributed by atoms with Crippen LogP contribution >= 0.6 is 0 Å². The van der Waals surface area contributed by atoms with E-state index in [1.54, 1.807) is 0 Å². The lowest BCUT2D eigenvalue weighted by Gasteiger charge is -2.31. The maximum atomic E-state index is 6.56. The van der Waals surface area contributed by atoms with Gasteiger partial charge in [-0.25, -0.2) is 0 Å². The van der Waals surface area contributed by atoms with Crippen molar-refractivity contribution in [2.24, 2.45) is 0 Å². The Morgan fingerprint density at radius 3 is 2.18 bits per heavy atom. The Morgan fingerprint density at radius 1 is 0.553 bits per heavy atom. The summed E-state index contributed by atoms with van der Waals surface area (Å²) >= 11 is 0. The molecule has 38 heavy (non-hydrogen) atoms. The standard InChI is InChI=1S/C34H26N2O2/c1-20-16-17-25-24-13-7-8-15-28(24)37-34(25)31(20)36-22(3)35(23-11-5-4-6-12-23)32-27(36)18-19-29-30(32)26-14-9-10-21(2)33(26)38-29/h4-19,22H,1-3H3/t22-/m0/s1. The normalized spacial score (nSPS) is 15.4. The second-order valence-electron chi connectivity index (χ2n) is 10.3. The third kappa shape index (κ3) is 2.75. The summed E-state index contributed by atoms with van der Waals surface area (Å²) in [4.78, 5) is 4.88. The van der Waals surface area contributed by atoms with Crippen molar-refractivity contribution in [2.45, 2.75) is 26.9 Å². The SMILES string of the molecule is Cc1ccc2c(oc3ccccc32)c1N1c2ccc3oc4c(C)cccc4c3c2N(c2ccccc2)[C@@H]1C. The molecule has 0 saturated carbocycles. The maximum Gasteiger partial charge on any atom is 0.159 e. The van der Waals surface area contributed by atoms with E-state index in [-0.39, 0.29) is 6.17 Å². The van der Waals surface area contributed by atoms with Crippen LogP contribution < -0.4 is 9.80 Å². The van der Waals surface area contributed by atoms with Crippen LogP contribution in [0.2, 0.25) is 0 Å². The van der Waals surface area contributed by atoms with E-state index in [1.807, 2.05) is 6.07 Å². The molecule has 0 spiro atoms. The second kappa shape index (κ2) is 7.65. The first-order valence-electron chi connectivity index (χ1n) is 13.1. The maximum absolute atomic E-state index is 6.56. The predicted octanol–water partition coefficient (Wildman–Crippen LogP) is 9.74. The van der Waals surface area contributed by atoms with Gasteiger partial charge in [0.2, 0.25) is 0 Å². The van der Waals surface area contributed by atoms with Crippen molar-refractivity contribution in [3.05, 3.63) is 108 Å². The Labute approximate surface area is 220 Å². The van der Waals surface area contributed by atoms with Gasteiger partial charge in [0.15, 0.2) is 5.58 Å². The molecule has 4 nitrogen and oxygen atoms in total. The average molecular weight is 495 g/mol. The number of para-hydroxylation sites is 3. The fourth-order valence-electron chi connectivity index (χ4n) is 6.36. The molecule has 0 radical (unpaired) electrons. The van der Waals surface area contributed by atoms with Gasteiger partial charge in [-0.1, -0.05) is 66.7 Å². The zero-order chi connectivity index (χ0) is 25.5. The molecule has 5 aromatic carbocycles. The van der Waals surface area contributed by atoms with Gasteiger partial charge in [-0.15, -0.1) is 0 Å². The smallest absolute Gasteiger partial charge is 0.159 e.